The minimum Gasteiger partial charge on any atom is -0.341 e. The van der Waals surface area contributed by atoms with Gasteiger partial charge < -0.3 is 10.3 Å². The van der Waals surface area contributed by atoms with Gasteiger partial charge in [0.25, 0.3) is 0 Å². The normalized spacial score (nSPS) is 11.2. The fourth-order valence-corrected chi connectivity index (χ4v) is 1.88. The van der Waals surface area contributed by atoms with Gasteiger partial charge in [0.15, 0.2) is 0 Å². The van der Waals surface area contributed by atoms with Gasteiger partial charge in [0.2, 0.25) is 0 Å². The number of hydrogen-bond acceptors (Lipinski definition) is 3. The zero-order chi connectivity index (χ0) is 13.1. The molecule has 0 fully saturated rings. The first-order chi connectivity index (χ1) is 8.54. The van der Waals surface area contributed by atoms with Crippen molar-refractivity contribution < 1.29 is 0 Å². The zero-order valence-electron chi connectivity index (χ0n) is 11.4. The average molecular weight is 244 g/mol. The second-order valence-corrected chi connectivity index (χ2v) is 4.93. The molecule has 0 radical (unpaired) electrons. The predicted molar refractivity (Wildman–Crippen MR) is 73.3 cm³/mol. The third-order valence-electron chi connectivity index (χ3n) is 2.68. The highest BCUT2D eigenvalue weighted by Gasteiger charge is 2.05. The third kappa shape index (κ3) is 3.17. The lowest BCUT2D eigenvalue weighted by Gasteiger charge is -2.05. The summed E-state index contributed by atoms with van der Waals surface area (Å²) in [4.78, 5) is 12.1. The number of imidazole rings is 1. The summed E-state index contributed by atoms with van der Waals surface area (Å²) in [7, 11) is 0. The van der Waals surface area contributed by atoms with Gasteiger partial charge in [0.05, 0.1) is 0 Å². The van der Waals surface area contributed by atoms with Crippen molar-refractivity contribution in [3.8, 4) is 11.4 Å². The number of pyridine rings is 1. The van der Waals surface area contributed by atoms with Crippen molar-refractivity contribution in [3.63, 3.8) is 0 Å². The first kappa shape index (κ1) is 12.8. The third-order valence-corrected chi connectivity index (χ3v) is 2.68. The largest absolute Gasteiger partial charge is 0.341 e. The highest BCUT2D eigenvalue weighted by molar-refractivity contribution is 5.56. The summed E-state index contributed by atoms with van der Waals surface area (Å²) in [6.45, 7) is 9.08. The second-order valence-electron chi connectivity index (χ2n) is 4.93. The molecule has 0 aromatic carbocycles. The smallest absolute Gasteiger partial charge is 0.137 e. The van der Waals surface area contributed by atoms with Gasteiger partial charge in [0.1, 0.15) is 5.82 Å². The zero-order valence-corrected chi connectivity index (χ0v) is 11.4. The van der Waals surface area contributed by atoms with Gasteiger partial charge in [-0.1, -0.05) is 13.8 Å². The Morgan fingerprint density at radius 2 is 1.89 bits per heavy atom. The molecule has 0 spiro atoms. The van der Waals surface area contributed by atoms with Crippen LogP contribution in [0.5, 0.6) is 0 Å². The van der Waals surface area contributed by atoms with Crippen LogP contribution in [0.15, 0.2) is 18.3 Å². The van der Waals surface area contributed by atoms with Crippen molar-refractivity contribution in [2.75, 3.05) is 0 Å². The molecule has 2 rings (SSSR count). The van der Waals surface area contributed by atoms with Crippen molar-refractivity contribution >= 4 is 0 Å². The minimum absolute atomic E-state index is 0.474. The molecule has 0 bridgehead atoms. The molecule has 2 aromatic rings. The molecule has 4 heteroatoms. The Morgan fingerprint density at radius 3 is 2.50 bits per heavy atom. The Morgan fingerprint density at radius 1 is 1.22 bits per heavy atom. The standard InChI is InChI=1S/C14H20N4/c1-9(2)15-7-13-8-16-14(18-13)12-5-10(3)17-11(4)6-12/h5-6,8-9,15H,7H2,1-4H3,(H,16,18). The van der Waals surface area contributed by atoms with Gasteiger partial charge in [-0.15, -0.1) is 0 Å². The van der Waals surface area contributed by atoms with Crippen molar-refractivity contribution in [2.45, 2.75) is 40.3 Å². The van der Waals surface area contributed by atoms with Crippen LogP contribution in [-0.2, 0) is 6.54 Å². The van der Waals surface area contributed by atoms with E-state index in [4.69, 9.17) is 0 Å². The number of hydrogen-bond donors (Lipinski definition) is 2. The molecule has 0 unspecified atom stereocenters. The molecule has 0 saturated heterocycles. The van der Waals surface area contributed by atoms with E-state index >= 15 is 0 Å². The van der Waals surface area contributed by atoms with E-state index in [0.717, 1.165) is 35.0 Å². The molecule has 2 aromatic heterocycles. The number of H-pyrrole nitrogens is 1. The Balaban J connectivity index is 2.18. The summed E-state index contributed by atoms with van der Waals surface area (Å²) < 4.78 is 0. The molecule has 0 aliphatic carbocycles. The number of nitrogens with zero attached hydrogens (tertiary/aromatic N) is 2. The van der Waals surface area contributed by atoms with E-state index in [1.807, 2.05) is 32.2 Å². The van der Waals surface area contributed by atoms with Gasteiger partial charge >= 0.3 is 0 Å². The van der Waals surface area contributed by atoms with Crippen LogP contribution in [0.2, 0.25) is 0 Å². The van der Waals surface area contributed by atoms with Crippen LogP contribution in [0.25, 0.3) is 11.4 Å². The van der Waals surface area contributed by atoms with Crippen molar-refractivity contribution in [3.05, 3.63) is 35.4 Å². The van der Waals surface area contributed by atoms with Gasteiger partial charge in [-0.3, -0.25) is 4.98 Å². The Labute approximate surface area is 108 Å². The predicted octanol–water partition coefficient (Wildman–Crippen LogP) is 2.59. The Kier molecular flexibility index (Phi) is 3.77. The fraction of sp³-hybridized carbons (Fsp3) is 0.429. The van der Waals surface area contributed by atoms with Crippen LogP contribution in [0.4, 0.5) is 0 Å². The maximum Gasteiger partial charge on any atom is 0.137 e. The van der Waals surface area contributed by atoms with Crippen LogP contribution in [-0.4, -0.2) is 21.0 Å². The topological polar surface area (TPSA) is 53.6 Å². The SMILES string of the molecule is Cc1cc(-c2ncc(CNC(C)C)[nH]2)cc(C)n1. The number of aryl methyl sites for hydroxylation is 2. The summed E-state index contributed by atoms with van der Waals surface area (Å²) in [5, 5.41) is 3.37. The summed E-state index contributed by atoms with van der Waals surface area (Å²) in [6, 6.07) is 4.57. The first-order valence-electron chi connectivity index (χ1n) is 6.27. The van der Waals surface area contributed by atoms with Gasteiger partial charge in [0, 0.05) is 41.4 Å². The van der Waals surface area contributed by atoms with E-state index < -0.39 is 0 Å². The molecule has 0 amide bonds. The summed E-state index contributed by atoms with van der Waals surface area (Å²) in [5.74, 6) is 0.907. The molecule has 0 saturated carbocycles. The van der Waals surface area contributed by atoms with Gasteiger partial charge in [-0.25, -0.2) is 4.98 Å². The average Bonchev–Trinajstić information content (AvgIpc) is 2.73. The first-order valence-corrected chi connectivity index (χ1v) is 6.27. The quantitative estimate of drug-likeness (QED) is 0.869. The van der Waals surface area contributed by atoms with Crippen molar-refractivity contribution in [2.24, 2.45) is 0 Å². The number of aromatic amines is 1. The molecule has 0 aliphatic rings. The molecule has 2 N–H and O–H groups in total. The Hall–Kier alpha value is -1.68. The molecule has 2 heterocycles. The summed E-state index contributed by atoms with van der Waals surface area (Å²) >= 11 is 0. The fourth-order valence-electron chi connectivity index (χ4n) is 1.88. The number of rotatable bonds is 4. The van der Waals surface area contributed by atoms with E-state index in [2.05, 4.69) is 34.1 Å². The Bertz CT molecular complexity index is 508. The van der Waals surface area contributed by atoms with Crippen LogP contribution in [0, 0.1) is 13.8 Å². The maximum absolute atomic E-state index is 4.42. The summed E-state index contributed by atoms with van der Waals surface area (Å²) in [6.07, 6.45) is 1.88. The summed E-state index contributed by atoms with van der Waals surface area (Å²) in [5.41, 5.74) is 4.23. The highest BCUT2D eigenvalue weighted by Crippen LogP contribution is 2.17. The van der Waals surface area contributed by atoms with Gasteiger partial charge in [-0.05, 0) is 26.0 Å². The van der Waals surface area contributed by atoms with E-state index in [1.165, 1.54) is 0 Å². The van der Waals surface area contributed by atoms with Gasteiger partial charge in [-0.2, -0.15) is 0 Å². The highest BCUT2D eigenvalue weighted by atomic mass is 15.0. The molecule has 0 aliphatic heterocycles. The second kappa shape index (κ2) is 5.31. The molecule has 96 valence electrons. The molecular formula is C14H20N4. The molecule has 18 heavy (non-hydrogen) atoms. The molecular weight excluding hydrogens is 224 g/mol. The van der Waals surface area contributed by atoms with E-state index in [1.54, 1.807) is 0 Å². The lowest BCUT2D eigenvalue weighted by molar-refractivity contribution is 0.583. The molecule has 0 atom stereocenters. The lowest BCUT2D eigenvalue weighted by Crippen LogP contribution is -2.21. The van der Waals surface area contributed by atoms with E-state index in [0.29, 0.717) is 6.04 Å². The maximum atomic E-state index is 4.42. The van der Waals surface area contributed by atoms with Crippen LogP contribution in [0.3, 0.4) is 0 Å². The van der Waals surface area contributed by atoms with Crippen molar-refractivity contribution in [1.29, 1.82) is 0 Å². The minimum atomic E-state index is 0.474. The van der Waals surface area contributed by atoms with E-state index in [9.17, 15) is 0 Å². The van der Waals surface area contributed by atoms with Crippen LogP contribution in [0.1, 0.15) is 30.9 Å². The van der Waals surface area contributed by atoms with E-state index in [-0.39, 0.29) is 0 Å². The molecule has 4 nitrogen and oxygen atoms in total. The van der Waals surface area contributed by atoms with Crippen LogP contribution >= 0.6 is 0 Å². The van der Waals surface area contributed by atoms with Crippen LogP contribution < -0.4 is 5.32 Å². The monoisotopic (exact) mass is 244 g/mol. The lowest BCUT2D eigenvalue weighted by atomic mass is 10.2. The number of aromatic nitrogens is 3. The number of nitrogens with one attached hydrogen (secondary N) is 2. The van der Waals surface area contributed by atoms with Crippen molar-refractivity contribution in [1.82, 2.24) is 20.3 Å².